The minimum Gasteiger partial charge on any atom is -0.481 e. The van der Waals surface area contributed by atoms with Crippen LogP contribution in [-0.4, -0.2) is 71.9 Å². The van der Waals surface area contributed by atoms with Gasteiger partial charge in [0.2, 0.25) is 0 Å². The van der Waals surface area contributed by atoms with Crippen LogP contribution in [-0.2, 0) is 37.9 Å². The predicted octanol–water partition coefficient (Wildman–Crippen LogP) is 2.27. The quantitative estimate of drug-likeness (QED) is 0.237. The van der Waals surface area contributed by atoms with Crippen molar-refractivity contribution in [2.24, 2.45) is 5.73 Å². The molecule has 0 aromatic heterocycles. The van der Waals surface area contributed by atoms with E-state index < -0.39 is 50.6 Å². The van der Waals surface area contributed by atoms with Crippen LogP contribution < -0.4 is 16.1 Å². The highest BCUT2D eigenvalue weighted by Crippen LogP contribution is 2.38. The Hall–Kier alpha value is -4.07. The number of rotatable bonds is 9. The van der Waals surface area contributed by atoms with Crippen LogP contribution in [0.3, 0.4) is 0 Å². The molecule has 2 fully saturated rings. The van der Waals surface area contributed by atoms with E-state index in [1.165, 1.54) is 10.4 Å². The van der Waals surface area contributed by atoms with Crippen LogP contribution in [0.5, 0.6) is 0 Å². The lowest BCUT2D eigenvalue weighted by Crippen LogP contribution is -2.67. The minimum absolute atomic E-state index is 0.0231. The third kappa shape index (κ3) is 10.3. The number of ether oxygens (including phenoxy) is 2. The Kier molecular flexibility index (Phi) is 13.0. The van der Waals surface area contributed by atoms with Gasteiger partial charge in [-0.15, -0.1) is 0 Å². The van der Waals surface area contributed by atoms with Crippen molar-refractivity contribution >= 4 is 48.5 Å². The molecule has 0 spiro atoms. The van der Waals surface area contributed by atoms with Gasteiger partial charge in [-0.2, -0.15) is 0 Å². The SMILES string of the molecule is CC(C)(C)[Si](O[C@@H]1CCC(=O)O1)(c1ccccc1)c1ccccc1.N[C@@H](CCC(=O)O)C(=O)O.O=C1CC[C@@H](C(=O)O)O1. The topological polar surface area (TPSA) is 200 Å². The van der Waals surface area contributed by atoms with Gasteiger partial charge in [0.05, 0.1) is 6.42 Å². The van der Waals surface area contributed by atoms with Gasteiger partial charge in [0.1, 0.15) is 6.04 Å². The number of nitrogens with two attached hydrogens (primary N) is 1. The van der Waals surface area contributed by atoms with Gasteiger partial charge in [-0.25, -0.2) is 4.79 Å². The molecule has 5 N–H and O–H groups in total. The smallest absolute Gasteiger partial charge is 0.345 e. The standard InChI is InChI=1S/C20H24O3Si.C5H9NO4.C5H6O4/c1-20(2,3)24(16-10-6-4-7-11-16,17-12-8-5-9-13-17)23-19-15-14-18(21)22-19;6-3(5(9)10)1-2-4(7)8;6-4-2-1-3(9-4)5(7)8/h4-13,19H,14-15H2,1-3H3;3H,1-2,6H2,(H,7,8)(H,9,10);3H,1-2H2,(H,7,8)/t19-;2*3-/m100/s1. The summed E-state index contributed by atoms with van der Waals surface area (Å²) >= 11 is 0. The first-order valence-corrected chi connectivity index (χ1v) is 15.7. The highest BCUT2D eigenvalue weighted by molar-refractivity contribution is 6.99. The lowest BCUT2D eigenvalue weighted by Gasteiger charge is -2.44. The molecule has 0 unspecified atom stereocenters. The van der Waals surface area contributed by atoms with Gasteiger partial charge >= 0.3 is 29.8 Å². The zero-order valence-electron chi connectivity index (χ0n) is 24.4. The Bertz CT molecular complexity index is 1210. The molecule has 13 heteroatoms. The fourth-order valence-electron chi connectivity index (χ4n) is 4.57. The van der Waals surface area contributed by atoms with Gasteiger partial charge in [0.15, 0.2) is 12.4 Å². The van der Waals surface area contributed by atoms with Crippen LogP contribution in [0.4, 0.5) is 0 Å². The zero-order chi connectivity index (χ0) is 32.2. The summed E-state index contributed by atoms with van der Waals surface area (Å²) in [6.45, 7) is 6.65. The van der Waals surface area contributed by atoms with E-state index >= 15 is 0 Å². The first kappa shape index (κ1) is 35.1. The second-order valence-electron chi connectivity index (χ2n) is 11.0. The summed E-state index contributed by atoms with van der Waals surface area (Å²) in [4.78, 5) is 51.8. The maximum absolute atomic E-state index is 11.6. The average Bonchev–Trinajstić information content (AvgIpc) is 3.59. The molecule has 2 aromatic rings. The molecule has 2 heterocycles. The molecule has 2 aliphatic heterocycles. The molecule has 0 aliphatic carbocycles. The maximum atomic E-state index is 11.6. The molecule has 234 valence electrons. The van der Waals surface area contributed by atoms with Crippen LogP contribution >= 0.6 is 0 Å². The highest BCUT2D eigenvalue weighted by atomic mass is 28.4. The number of esters is 2. The lowest BCUT2D eigenvalue weighted by atomic mass is 10.2. The van der Waals surface area contributed by atoms with Gasteiger partial charge < -0.3 is 35.0 Å². The Balaban J connectivity index is 0.000000280. The lowest BCUT2D eigenvalue weighted by molar-refractivity contribution is -0.156. The Morgan fingerprint density at radius 2 is 1.37 bits per heavy atom. The van der Waals surface area contributed by atoms with Gasteiger partial charge in [-0.05, 0) is 21.8 Å². The average molecular weight is 618 g/mol. The monoisotopic (exact) mass is 617 g/mol. The van der Waals surface area contributed by atoms with E-state index in [-0.39, 0.29) is 30.3 Å². The molecular weight excluding hydrogens is 578 g/mol. The van der Waals surface area contributed by atoms with E-state index in [1.54, 1.807) is 0 Å². The number of carbonyl (C=O) groups is 5. The number of benzene rings is 2. The normalized spacial score (nSPS) is 18.6. The van der Waals surface area contributed by atoms with E-state index in [4.69, 9.17) is 30.2 Å². The van der Waals surface area contributed by atoms with Crippen molar-refractivity contribution in [2.75, 3.05) is 0 Å². The minimum atomic E-state index is -2.62. The molecule has 0 bridgehead atoms. The molecule has 0 radical (unpaired) electrons. The van der Waals surface area contributed by atoms with Crippen LogP contribution in [0.25, 0.3) is 0 Å². The zero-order valence-corrected chi connectivity index (χ0v) is 25.4. The third-order valence-corrected chi connectivity index (χ3v) is 11.7. The fourth-order valence-corrected chi connectivity index (χ4v) is 9.15. The van der Waals surface area contributed by atoms with E-state index in [0.717, 1.165) is 0 Å². The van der Waals surface area contributed by atoms with Crippen molar-refractivity contribution in [3.63, 3.8) is 0 Å². The number of cyclic esters (lactones) is 2. The fraction of sp³-hybridized carbons (Fsp3) is 0.433. The van der Waals surface area contributed by atoms with E-state index in [9.17, 15) is 24.0 Å². The highest BCUT2D eigenvalue weighted by Gasteiger charge is 2.52. The van der Waals surface area contributed by atoms with E-state index in [1.807, 2.05) is 12.1 Å². The van der Waals surface area contributed by atoms with Crippen molar-refractivity contribution in [2.45, 2.75) is 82.8 Å². The first-order chi connectivity index (χ1) is 20.2. The third-order valence-electron chi connectivity index (χ3n) is 6.72. The summed E-state index contributed by atoms with van der Waals surface area (Å²) in [6.07, 6.45) is 0.0384. The molecule has 4 rings (SSSR count). The van der Waals surface area contributed by atoms with Crippen molar-refractivity contribution in [1.29, 1.82) is 0 Å². The van der Waals surface area contributed by atoms with E-state index in [0.29, 0.717) is 19.3 Å². The summed E-state index contributed by atoms with van der Waals surface area (Å²) in [6, 6.07) is 19.7. The number of aliphatic carboxylic acids is 3. The van der Waals surface area contributed by atoms with Gasteiger partial charge in [0.25, 0.3) is 8.32 Å². The number of carbonyl (C=O) groups excluding carboxylic acids is 2. The number of hydrogen-bond acceptors (Lipinski definition) is 9. The Labute approximate surface area is 250 Å². The van der Waals surface area contributed by atoms with Crippen LogP contribution in [0.2, 0.25) is 5.04 Å². The van der Waals surface area contributed by atoms with Crippen molar-refractivity contribution in [3.05, 3.63) is 60.7 Å². The molecule has 12 nitrogen and oxygen atoms in total. The van der Waals surface area contributed by atoms with Crippen LogP contribution in [0.1, 0.15) is 59.3 Å². The molecule has 2 aromatic carbocycles. The second-order valence-corrected chi connectivity index (χ2v) is 15.2. The molecule has 3 atom stereocenters. The Morgan fingerprint density at radius 3 is 1.70 bits per heavy atom. The largest absolute Gasteiger partial charge is 0.481 e. The van der Waals surface area contributed by atoms with E-state index in [2.05, 4.69) is 74.0 Å². The number of hydrogen-bond donors (Lipinski definition) is 4. The number of carboxylic acid groups (broad SMARTS) is 3. The van der Waals surface area contributed by atoms with Gasteiger partial charge in [0, 0.05) is 25.7 Å². The van der Waals surface area contributed by atoms with Gasteiger partial charge in [-0.1, -0.05) is 81.4 Å². The van der Waals surface area contributed by atoms with Crippen LogP contribution in [0, 0.1) is 0 Å². The molecule has 0 amide bonds. The summed E-state index contributed by atoms with van der Waals surface area (Å²) < 4.78 is 16.5. The molecule has 43 heavy (non-hydrogen) atoms. The van der Waals surface area contributed by atoms with Crippen molar-refractivity contribution < 1.29 is 53.2 Å². The van der Waals surface area contributed by atoms with Crippen LogP contribution in [0.15, 0.2) is 60.7 Å². The second kappa shape index (κ2) is 16.0. The number of carboxylic acids is 3. The predicted molar refractivity (Wildman–Crippen MR) is 157 cm³/mol. The molecule has 2 saturated heterocycles. The molecule has 2 aliphatic rings. The van der Waals surface area contributed by atoms with Gasteiger partial charge in [-0.3, -0.25) is 19.2 Å². The van der Waals surface area contributed by atoms with Crippen molar-refractivity contribution in [3.8, 4) is 0 Å². The summed E-state index contributed by atoms with van der Waals surface area (Å²) in [5.74, 6) is -3.83. The summed E-state index contributed by atoms with van der Waals surface area (Å²) in [5.41, 5.74) is 5.00. The van der Waals surface area contributed by atoms with Crippen molar-refractivity contribution in [1.82, 2.24) is 0 Å². The maximum Gasteiger partial charge on any atom is 0.345 e. The molecular formula is C30H39NO11Si. The summed E-state index contributed by atoms with van der Waals surface area (Å²) in [7, 11) is -2.62. The summed E-state index contributed by atoms with van der Waals surface area (Å²) in [5, 5.41) is 26.8. The first-order valence-electron chi connectivity index (χ1n) is 13.8. The Morgan fingerprint density at radius 1 is 0.884 bits per heavy atom. The molecule has 0 saturated carbocycles.